The van der Waals surface area contributed by atoms with Gasteiger partial charge in [0, 0.05) is 30.5 Å². The Bertz CT molecular complexity index is 352. The van der Waals surface area contributed by atoms with Gasteiger partial charge in [0.25, 0.3) is 0 Å². The summed E-state index contributed by atoms with van der Waals surface area (Å²) in [6.45, 7) is 11.6. The number of anilines is 1. The molecule has 0 fully saturated rings. The van der Waals surface area contributed by atoms with Gasteiger partial charge in [0.1, 0.15) is 0 Å². The topological polar surface area (TPSA) is 42.2 Å². The zero-order valence-corrected chi connectivity index (χ0v) is 10.4. The number of pyridine rings is 1. The van der Waals surface area contributed by atoms with Crippen LogP contribution < -0.4 is 10.6 Å². The van der Waals surface area contributed by atoms with Crippen LogP contribution in [0.1, 0.15) is 26.5 Å². The molecule has 0 unspecified atom stereocenters. The van der Waals surface area contributed by atoms with Crippen molar-refractivity contribution in [2.45, 2.75) is 32.9 Å². The fraction of sp³-hybridized carbons (Fsp3) is 0.462. The molecule has 1 rings (SSSR count). The van der Waals surface area contributed by atoms with Crippen LogP contribution in [0, 0.1) is 0 Å². The summed E-state index contributed by atoms with van der Waals surface area (Å²) in [5.41, 5.74) is 7.71. The van der Waals surface area contributed by atoms with Gasteiger partial charge in [-0.3, -0.25) is 4.98 Å². The summed E-state index contributed by atoms with van der Waals surface area (Å²) < 4.78 is 0. The van der Waals surface area contributed by atoms with E-state index in [0.717, 1.165) is 17.9 Å². The molecule has 0 bridgehead atoms. The lowest BCUT2D eigenvalue weighted by Gasteiger charge is -2.37. The predicted molar refractivity (Wildman–Crippen MR) is 69.4 cm³/mol. The smallest absolute Gasteiger partial charge is 0.0560 e. The van der Waals surface area contributed by atoms with E-state index in [1.165, 1.54) is 0 Å². The molecule has 2 N–H and O–H groups in total. The van der Waals surface area contributed by atoms with E-state index in [0.29, 0.717) is 6.54 Å². The molecule has 0 amide bonds. The third-order valence-electron chi connectivity index (χ3n) is 2.44. The van der Waals surface area contributed by atoms with Crippen LogP contribution in [0.15, 0.2) is 31.0 Å². The first-order valence-corrected chi connectivity index (χ1v) is 5.52. The molecule has 1 aromatic heterocycles. The van der Waals surface area contributed by atoms with Crippen molar-refractivity contribution < 1.29 is 0 Å². The molecule has 3 nitrogen and oxygen atoms in total. The van der Waals surface area contributed by atoms with Crippen molar-refractivity contribution >= 4 is 5.69 Å². The van der Waals surface area contributed by atoms with Crippen molar-refractivity contribution in [1.82, 2.24) is 4.98 Å². The van der Waals surface area contributed by atoms with Crippen molar-refractivity contribution in [2.24, 2.45) is 5.73 Å². The Hall–Kier alpha value is -1.35. The maximum Gasteiger partial charge on any atom is 0.0560 e. The van der Waals surface area contributed by atoms with Gasteiger partial charge < -0.3 is 10.6 Å². The third-order valence-corrected chi connectivity index (χ3v) is 2.44. The summed E-state index contributed by atoms with van der Waals surface area (Å²) in [4.78, 5) is 6.48. The van der Waals surface area contributed by atoms with E-state index in [4.69, 9.17) is 5.73 Å². The standard InChI is InChI=1S/C13H21N3/c1-5-8-16(13(2,3)4)12-6-7-15-11(9-12)10-14/h5-7,9H,1,8,10,14H2,2-4H3. The summed E-state index contributed by atoms with van der Waals surface area (Å²) in [6, 6.07) is 4.04. The molecule has 0 radical (unpaired) electrons. The molecule has 0 saturated heterocycles. The van der Waals surface area contributed by atoms with Crippen LogP contribution in [0.25, 0.3) is 0 Å². The molecule has 0 aliphatic carbocycles. The highest BCUT2D eigenvalue weighted by molar-refractivity contribution is 5.49. The number of nitrogens with two attached hydrogens (primary N) is 1. The van der Waals surface area contributed by atoms with Crippen molar-refractivity contribution in [3.8, 4) is 0 Å². The summed E-state index contributed by atoms with van der Waals surface area (Å²) in [7, 11) is 0. The quantitative estimate of drug-likeness (QED) is 0.790. The molecule has 1 aromatic rings. The van der Waals surface area contributed by atoms with Gasteiger partial charge in [0.2, 0.25) is 0 Å². The highest BCUT2D eigenvalue weighted by Gasteiger charge is 2.20. The van der Waals surface area contributed by atoms with E-state index >= 15 is 0 Å². The van der Waals surface area contributed by atoms with Crippen LogP contribution in [0.3, 0.4) is 0 Å². The first kappa shape index (κ1) is 12.7. The summed E-state index contributed by atoms with van der Waals surface area (Å²) in [5, 5.41) is 0. The molecule has 1 heterocycles. The first-order valence-electron chi connectivity index (χ1n) is 5.52. The summed E-state index contributed by atoms with van der Waals surface area (Å²) in [5.74, 6) is 0. The Balaban J connectivity index is 3.05. The Morgan fingerprint density at radius 2 is 2.19 bits per heavy atom. The van der Waals surface area contributed by atoms with Crippen LogP contribution in [0.4, 0.5) is 5.69 Å². The Labute approximate surface area is 98.0 Å². The molecule has 0 aliphatic rings. The monoisotopic (exact) mass is 219 g/mol. The molecule has 0 saturated carbocycles. The van der Waals surface area contributed by atoms with Gasteiger partial charge in [-0.05, 0) is 32.9 Å². The molecule has 88 valence electrons. The average molecular weight is 219 g/mol. The minimum atomic E-state index is 0.0570. The van der Waals surface area contributed by atoms with Gasteiger partial charge in [-0.25, -0.2) is 0 Å². The summed E-state index contributed by atoms with van der Waals surface area (Å²) >= 11 is 0. The van der Waals surface area contributed by atoms with E-state index in [1.54, 1.807) is 6.20 Å². The van der Waals surface area contributed by atoms with Gasteiger partial charge >= 0.3 is 0 Å². The fourth-order valence-electron chi connectivity index (χ4n) is 1.64. The molecule has 0 aliphatic heterocycles. The van der Waals surface area contributed by atoms with Crippen molar-refractivity contribution in [2.75, 3.05) is 11.4 Å². The molecule has 0 spiro atoms. The van der Waals surface area contributed by atoms with Gasteiger partial charge in [-0.15, -0.1) is 6.58 Å². The normalized spacial score (nSPS) is 11.2. The highest BCUT2D eigenvalue weighted by Crippen LogP contribution is 2.23. The predicted octanol–water partition coefficient (Wildman–Crippen LogP) is 2.33. The van der Waals surface area contributed by atoms with Crippen LogP contribution in [-0.2, 0) is 6.54 Å². The zero-order chi connectivity index (χ0) is 12.2. The van der Waals surface area contributed by atoms with Gasteiger partial charge in [-0.1, -0.05) is 6.08 Å². The van der Waals surface area contributed by atoms with Crippen molar-refractivity contribution in [3.63, 3.8) is 0 Å². The number of aromatic nitrogens is 1. The van der Waals surface area contributed by atoms with Crippen molar-refractivity contribution in [3.05, 3.63) is 36.7 Å². The maximum absolute atomic E-state index is 5.60. The number of nitrogens with zero attached hydrogens (tertiary/aromatic N) is 2. The maximum atomic E-state index is 5.60. The van der Waals surface area contributed by atoms with E-state index in [-0.39, 0.29) is 5.54 Å². The second-order valence-corrected chi connectivity index (χ2v) is 4.78. The molecule has 3 heteroatoms. The van der Waals surface area contributed by atoms with E-state index in [1.807, 2.05) is 18.2 Å². The molecule has 0 atom stereocenters. The van der Waals surface area contributed by atoms with Crippen molar-refractivity contribution in [1.29, 1.82) is 0 Å². The van der Waals surface area contributed by atoms with E-state index < -0.39 is 0 Å². The Morgan fingerprint density at radius 1 is 1.50 bits per heavy atom. The largest absolute Gasteiger partial charge is 0.363 e. The van der Waals surface area contributed by atoms with Crippen LogP contribution >= 0.6 is 0 Å². The van der Waals surface area contributed by atoms with Gasteiger partial charge in [0.05, 0.1) is 5.69 Å². The Morgan fingerprint density at radius 3 is 2.69 bits per heavy atom. The lowest BCUT2D eigenvalue weighted by atomic mass is 10.0. The second-order valence-electron chi connectivity index (χ2n) is 4.78. The highest BCUT2D eigenvalue weighted by atomic mass is 15.2. The minimum absolute atomic E-state index is 0.0570. The molecule has 0 aromatic carbocycles. The zero-order valence-electron chi connectivity index (χ0n) is 10.4. The van der Waals surface area contributed by atoms with Gasteiger partial charge in [-0.2, -0.15) is 0 Å². The minimum Gasteiger partial charge on any atom is -0.363 e. The SMILES string of the molecule is C=CCN(c1ccnc(CN)c1)C(C)(C)C. The lowest BCUT2D eigenvalue weighted by molar-refractivity contribution is 0.522. The third kappa shape index (κ3) is 3.07. The van der Waals surface area contributed by atoms with Gasteiger partial charge in [0.15, 0.2) is 0 Å². The molecular formula is C13H21N3. The average Bonchev–Trinajstić information content (AvgIpc) is 2.24. The summed E-state index contributed by atoms with van der Waals surface area (Å²) in [6.07, 6.45) is 3.72. The number of hydrogen-bond acceptors (Lipinski definition) is 3. The van der Waals surface area contributed by atoms with E-state index in [9.17, 15) is 0 Å². The Kier molecular flexibility index (Phi) is 4.07. The van der Waals surface area contributed by atoms with E-state index in [2.05, 4.69) is 37.2 Å². The number of hydrogen-bond donors (Lipinski definition) is 1. The fourth-order valence-corrected chi connectivity index (χ4v) is 1.64. The van der Waals surface area contributed by atoms with Crippen LogP contribution in [-0.4, -0.2) is 17.1 Å². The lowest BCUT2D eigenvalue weighted by Crippen LogP contribution is -2.41. The molecule has 16 heavy (non-hydrogen) atoms. The number of rotatable bonds is 4. The van der Waals surface area contributed by atoms with Crippen LogP contribution in [0.5, 0.6) is 0 Å². The first-order chi connectivity index (χ1) is 7.49. The second kappa shape index (κ2) is 5.12. The van der Waals surface area contributed by atoms with Crippen LogP contribution in [0.2, 0.25) is 0 Å². The molecular weight excluding hydrogens is 198 g/mol.